The number of amides is 2. The zero-order valence-electron chi connectivity index (χ0n) is 10.5. The molecule has 0 radical (unpaired) electrons. The molecule has 1 unspecified atom stereocenters. The summed E-state index contributed by atoms with van der Waals surface area (Å²) in [5, 5.41) is 22.3. The van der Waals surface area contributed by atoms with Gasteiger partial charge in [0.2, 0.25) is 0 Å². The SMILES string of the molecule is Cc1cc(Br)cc(C)c1NC(=O)NC(CO)C(=O)O. The van der Waals surface area contributed by atoms with Crippen molar-refractivity contribution in [3.8, 4) is 0 Å². The van der Waals surface area contributed by atoms with Gasteiger partial charge in [-0.3, -0.25) is 0 Å². The van der Waals surface area contributed by atoms with Crippen molar-refractivity contribution in [1.29, 1.82) is 0 Å². The lowest BCUT2D eigenvalue weighted by Crippen LogP contribution is -2.45. The highest BCUT2D eigenvalue weighted by Gasteiger charge is 2.19. The minimum atomic E-state index is -1.32. The molecule has 4 N–H and O–H groups in total. The summed E-state index contributed by atoms with van der Waals surface area (Å²) >= 11 is 3.34. The third-order valence-corrected chi connectivity index (χ3v) is 2.98. The number of halogens is 1. The van der Waals surface area contributed by atoms with E-state index < -0.39 is 24.6 Å². The molecule has 0 saturated heterocycles. The van der Waals surface area contributed by atoms with Crippen LogP contribution in [0.4, 0.5) is 10.5 Å². The van der Waals surface area contributed by atoms with Crippen molar-refractivity contribution in [2.45, 2.75) is 19.9 Å². The largest absolute Gasteiger partial charge is 0.480 e. The van der Waals surface area contributed by atoms with E-state index in [2.05, 4.69) is 26.6 Å². The molecule has 2 amide bonds. The monoisotopic (exact) mass is 330 g/mol. The maximum Gasteiger partial charge on any atom is 0.328 e. The van der Waals surface area contributed by atoms with Crippen molar-refractivity contribution in [1.82, 2.24) is 5.32 Å². The van der Waals surface area contributed by atoms with Crippen molar-refractivity contribution in [2.24, 2.45) is 0 Å². The topological polar surface area (TPSA) is 98.7 Å². The maximum absolute atomic E-state index is 11.7. The normalized spacial score (nSPS) is 11.8. The van der Waals surface area contributed by atoms with Gasteiger partial charge in [-0.2, -0.15) is 0 Å². The van der Waals surface area contributed by atoms with Gasteiger partial charge >= 0.3 is 12.0 Å². The number of hydrogen-bond acceptors (Lipinski definition) is 3. The second-order valence-electron chi connectivity index (χ2n) is 4.09. The van der Waals surface area contributed by atoms with E-state index >= 15 is 0 Å². The van der Waals surface area contributed by atoms with Gasteiger partial charge in [0, 0.05) is 10.2 Å². The van der Waals surface area contributed by atoms with Crippen molar-refractivity contribution < 1.29 is 19.8 Å². The molecule has 1 aromatic rings. The molecule has 0 heterocycles. The van der Waals surface area contributed by atoms with Crippen LogP contribution in [0.5, 0.6) is 0 Å². The zero-order valence-corrected chi connectivity index (χ0v) is 12.1. The molecule has 0 saturated carbocycles. The predicted octanol–water partition coefficient (Wildman–Crippen LogP) is 1.63. The highest BCUT2D eigenvalue weighted by Crippen LogP contribution is 2.24. The first-order valence-electron chi connectivity index (χ1n) is 5.53. The van der Waals surface area contributed by atoms with E-state index in [4.69, 9.17) is 10.2 Å². The summed E-state index contributed by atoms with van der Waals surface area (Å²) in [6.45, 7) is 2.99. The summed E-state index contributed by atoms with van der Waals surface area (Å²) in [4.78, 5) is 22.4. The van der Waals surface area contributed by atoms with Crippen molar-refractivity contribution in [3.63, 3.8) is 0 Å². The first kappa shape index (κ1) is 15.5. The van der Waals surface area contributed by atoms with E-state index in [0.29, 0.717) is 5.69 Å². The van der Waals surface area contributed by atoms with Gasteiger partial charge < -0.3 is 20.8 Å². The fraction of sp³-hybridized carbons (Fsp3) is 0.333. The lowest BCUT2D eigenvalue weighted by molar-refractivity contribution is -0.140. The lowest BCUT2D eigenvalue weighted by atomic mass is 10.1. The Morgan fingerprint density at radius 2 is 1.84 bits per heavy atom. The molecule has 6 nitrogen and oxygen atoms in total. The van der Waals surface area contributed by atoms with Crippen LogP contribution in [0.25, 0.3) is 0 Å². The quantitative estimate of drug-likeness (QED) is 0.674. The van der Waals surface area contributed by atoms with Gasteiger partial charge in [-0.25, -0.2) is 9.59 Å². The van der Waals surface area contributed by atoms with E-state index in [1.54, 1.807) is 0 Å². The van der Waals surface area contributed by atoms with Crippen LogP contribution in [0.1, 0.15) is 11.1 Å². The molecule has 104 valence electrons. The molecule has 0 aromatic heterocycles. The van der Waals surface area contributed by atoms with Crippen LogP contribution >= 0.6 is 15.9 Å². The Bertz CT molecular complexity index is 481. The third-order valence-electron chi connectivity index (χ3n) is 2.52. The van der Waals surface area contributed by atoms with E-state index in [0.717, 1.165) is 15.6 Å². The average Bonchev–Trinajstić information content (AvgIpc) is 2.30. The van der Waals surface area contributed by atoms with E-state index in [1.807, 2.05) is 26.0 Å². The molecule has 7 heteroatoms. The maximum atomic E-state index is 11.7. The molecule has 0 spiro atoms. The van der Waals surface area contributed by atoms with Gasteiger partial charge in [-0.05, 0) is 37.1 Å². The summed E-state index contributed by atoms with van der Waals surface area (Å²) < 4.78 is 0.896. The van der Waals surface area contributed by atoms with Gasteiger partial charge in [0.05, 0.1) is 6.61 Å². The number of carboxylic acid groups (broad SMARTS) is 1. The summed E-state index contributed by atoms with van der Waals surface area (Å²) in [7, 11) is 0. The predicted molar refractivity (Wildman–Crippen MR) is 74.3 cm³/mol. The molecule has 19 heavy (non-hydrogen) atoms. The Balaban J connectivity index is 2.80. The molecular weight excluding hydrogens is 316 g/mol. The van der Waals surface area contributed by atoms with Crippen LogP contribution in [-0.4, -0.2) is 34.9 Å². The number of urea groups is 1. The summed E-state index contributed by atoms with van der Waals surface area (Å²) in [5.74, 6) is -1.29. The number of carboxylic acids is 1. The highest BCUT2D eigenvalue weighted by molar-refractivity contribution is 9.10. The molecule has 1 rings (SSSR count). The van der Waals surface area contributed by atoms with Gasteiger partial charge in [0.1, 0.15) is 0 Å². The Hall–Kier alpha value is -1.60. The molecule has 0 aliphatic heterocycles. The molecule has 0 aliphatic rings. The first-order chi connectivity index (χ1) is 8.85. The molecular formula is C12H15BrN2O4. The van der Waals surface area contributed by atoms with Gasteiger partial charge in [-0.1, -0.05) is 15.9 Å². The summed E-state index contributed by atoms with van der Waals surface area (Å²) in [6.07, 6.45) is 0. The minimum absolute atomic E-state index is 0.614. The average molecular weight is 331 g/mol. The summed E-state index contributed by atoms with van der Waals surface area (Å²) in [6, 6.07) is 1.68. The number of rotatable bonds is 4. The number of aryl methyl sites for hydroxylation is 2. The first-order valence-corrected chi connectivity index (χ1v) is 6.32. The molecule has 1 aromatic carbocycles. The third kappa shape index (κ3) is 4.22. The van der Waals surface area contributed by atoms with Crippen LogP contribution in [0.2, 0.25) is 0 Å². The van der Waals surface area contributed by atoms with E-state index in [1.165, 1.54) is 0 Å². The number of aliphatic hydroxyl groups excluding tert-OH is 1. The van der Waals surface area contributed by atoms with Crippen molar-refractivity contribution in [2.75, 3.05) is 11.9 Å². The zero-order chi connectivity index (χ0) is 14.6. The number of aliphatic hydroxyl groups is 1. The van der Waals surface area contributed by atoms with Gasteiger partial charge in [0.15, 0.2) is 6.04 Å². The van der Waals surface area contributed by atoms with E-state index in [9.17, 15) is 9.59 Å². The molecule has 0 aliphatic carbocycles. The molecule has 1 atom stereocenters. The number of carbonyl (C=O) groups is 2. The number of benzene rings is 1. The lowest BCUT2D eigenvalue weighted by Gasteiger charge is -2.15. The number of anilines is 1. The second-order valence-corrected chi connectivity index (χ2v) is 5.00. The Labute approximate surface area is 118 Å². The van der Waals surface area contributed by atoms with Crippen LogP contribution < -0.4 is 10.6 Å². The van der Waals surface area contributed by atoms with Crippen LogP contribution in [-0.2, 0) is 4.79 Å². The molecule has 0 fully saturated rings. The van der Waals surface area contributed by atoms with Gasteiger partial charge in [-0.15, -0.1) is 0 Å². The second kappa shape index (κ2) is 6.53. The molecule has 0 bridgehead atoms. The number of aliphatic carboxylic acids is 1. The number of carbonyl (C=O) groups excluding carboxylic acids is 1. The minimum Gasteiger partial charge on any atom is -0.480 e. The standard InChI is InChI=1S/C12H15BrN2O4/c1-6-3-8(13)4-7(2)10(6)15-12(19)14-9(5-16)11(17)18/h3-4,9,16H,5H2,1-2H3,(H,17,18)(H2,14,15,19). The highest BCUT2D eigenvalue weighted by atomic mass is 79.9. The number of nitrogens with one attached hydrogen (secondary N) is 2. The smallest absolute Gasteiger partial charge is 0.328 e. The fourth-order valence-electron chi connectivity index (χ4n) is 1.60. The van der Waals surface area contributed by atoms with Crippen LogP contribution in [0, 0.1) is 13.8 Å². The fourth-order valence-corrected chi connectivity index (χ4v) is 2.29. The Morgan fingerprint density at radius 1 is 1.32 bits per heavy atom. The van der Waals surface area contributed by atoms with Crippen LogP contribution in [0.15, 0.2) is 16.6 Å². The van der Waals surface area contributed by atoms with Gasteiger partial charge in [0.25, 0.3) is 0 Å². The Morgan fingerprint density at radius 3 is 2.26 bits per heavy atom. The number of hydrogen-bond donors (Lipinski definition) is 4. The summed E-state index contributed by atoms with van der Waals surface area (Å²) in [5.41, 5.74) is 2.30. The van der Waals surface area contributed by atoms with Crippen LogP contribution in [0.3, 0.4) is 0 Å². The van der Waals surface area contributed by atoms with Crippen molar-refractivity contribution >= 4 is 33.6 Å². The van der Waals surface area contributed by atoms with Crippen molar-refractivity contribution in [3.05, 3.63) is 27.7 Å². The Kier molecular flexibility index (Phi) is 5.31. The van der Waals surface area contributed by atoms with E-state index in [-0.39, 0.29) is 0 Å².